The van der Waals surface area contributed by atoms with Crippen LogP contribution in [0.3, 0.4) is 0 Å². The summed E-state index contributed by atoms with van der Waals surface area (Å²) in [5, 5.41) is 3.22. The number of amides is 1. The fourth-order valence-corrected chi connectivity index (χ4v) is 4.21. The van der Waals surface area contributed by atoms with E-state index in [-0.39, 0.29) is 23.9 Å². The van der Waals surface area contributed by atoms with E-state index >= 15 is 0 Å². The smallest absolute Gasteiger partial charge is 0.220 e. The lowest BCUT2D eigenvalue weighted by Gasteiger charge is -2.48. The standard InChI is InChI=1S/C20H31N3O2.ClH/c21-18-7-3-2-6-17(18)8-9-19(24)22-16-20(10-4-1-5-11-20)23-12-14-25-15-13-23;/h2-3,6-7H,1,4-5,8-16,21H2,(H,22,24);1H. The van der Waals surface area contributed by atoms with Gasteiger partial charge in [-0.15, -0.1) is 12.4 Å². The van der Waals surface area contributed by atoms with Gasteiger partial charge in [0.1, 0.15) is 0 Å². The van der Waals surface area contributed by atoms with Crippen molar-refractivity contribution in [2.45, 2.75) is 50.5 Å². The van der Waals surface area contributed by atoms with Gasteiger partial charge in [-0.1, -0.05) is 37.5 Å². The third kappa shape index (κ3) is 5.35. The van der Waals surface area contributed by atoms with E-state index in [1.807, 2.05) is 24.3 Å². The van der Waals surface area contributed by atoms with E-state index in [2.05, 4.69) is 10.2 Å². The van der Waals surface area contributed by atoms with Gasteiger partial charge in [-0.2, -0.15) is 0 Å². The van der Waals surface area contributed by atoms with Gasteiger partial charge in [0.2, 0.25) is 5.91 Å². The topological polar surface area (TPSA) is 67.6 Å². The minimum Gasteiger partial charge on any atom is -0.399 e. The molecule has 1 amide bonds. The van der Waals surface area contributed by atoms with Crippen LogP contribution in [0.25, 0.3) is 0 Å². The highest BCUT2D eigenvalue weighted by atomic mass is 35.5. The van der Waals surface area contributed by atoms with Crippen LogP contribution in [-0.2, 0) is 16.0 Å². The van der Waals surface area contributed by atoms with E-state index in [0.717, 1.165) is 44.1 Å². The summed E-state index contributed by atoms with van der Waals surface area (Å²) in [5.74, 6) is 0.126. The molecule has 3 rings (SSSR count). The lowest BCUT2D eigenvalue weighted by Crippen LogP contribution is -2.59. The molecule has 1 saturated carbocycles. The van der Waals surface area contributed by atoms with Gasteiger partial charge in [-0.25, -0.2) is 0 Å². The number of hydrogen-bond acceptors (Lipinski definition) is 4. The van der Waals surface area contributed by atoms with Crippen LogP contribution in [0.1, 0.15) is 44.1 Å². The second-order valence-electron chi connectivity index (χ2n) is 7.36. The van der Waals surface area contributed by atoms with Gasteiger partial charge in [0.05, 0.1) is 13.2 Å². The van der Waals surface area contributed by atoms with Crippen molar-refractivity contribution in [3.63, 3.8) is 0 Å². The molecule has 2 fully saturated rings. The highest BCUT2D eigenvalue weighted by Crippen LogP contribution is 2.33. The maximum Gasteiger partial charge on any atom is 0.220 e. The number of nitrogen functional groups attached to an aromatic ring is 1. The Balaban J connectivity index is 0.00000243. The second-order valence-corrected chi connectivity index (χ2v) is 7.36. The first-order valence-electron chi connectivity index (χ1n) is 9.62. The first kappa shape index (κ1) is 21.0. The van der Waals surface area contributed by atoms with E-state index in [9.17, 15) is 4.79 Å². The number of nitrogens with one attached hydrogen (secondary N) is 1. The van der Waals surface area contributed by atoms with Crippen LogP contribution >= 0.6 is 12.4 Å². The Morgan fingerprint density at radius 3 is 2.54 bits per heavy atom. The van der Waals surface area contributed by atoms with Crippen LogP contribution < -0.4 is 11.1 Å². The van der Waals surface area contributed by atoms with E-state index in [4.69, 9.17) is 10.5 Å². The molecule has 0 atom stereocenters. The third-order valence-corrected chi connectivity index (χ3v) is 5.76. The summed E-state index contributed by atoms with van der Waals surface area (Å²) in [6.07, 6.45) is 7.38. The van der Waals surface area contributed by atoms with Crippen LogP contribution in [0.5, 0.6) is 0 Å². The molecular formula is C20H32ClN3O2. The van der Waals surface area contributed by atoms with Crippen molar-refractivity contribution in [1.29, 1.82) is 0 Å². The molecule has 1 aromatic carbocycles. The summed E-state index contributed by atoms with van der Waals surface area (Å²) in [6.45, 7) is 4.34. The average Bonchev–Trinajstić information content (AvgIpc) is 2.67. The van der Waals surface area contributed by atoms with Crippen molar-refractivity contribution < 1.29 is 9.53 Å². The van der Waals surface area contributed by atoms with Gasteiger partial charge in [0, 0.05) is 37.3 Å². The zero-order valence-corrected chi connectivity index (χ0v) is 16.4. The monoisotopic (exact) mass is 381 g/mol. The molecule has 0 radical (unpaired) electrons. The molecule has 2 aliphatic rings. The van der Waals surface area contributed by atoms with Crippen molar-refractivity contribution in [3.05, 3.63) is 29.8 Å². The van der Waals surface area contributed by atoms with Crippen LogP contribution in [0.15, 0.2) is 24.3 Å². The summed E-state index contributed by atoms with van der Waals surface area (Å²) < 4.78 is 5.52. The Hall–Kier alpha value is -1.30. The number of para-hydroxylation sites is 1. The number of anilines is 1. The van der Waals surface area contributed by atoms with Crippen molar-refractivity contribution in [2.75, 3.05) is 38.6 Å². The highest BCUT2D eigenvalue weighted by Gasteiger charge is 2.38. The predicted octanol–water partition coefficient (Wildman–Crippen LogP) is 2.77. The summed E-state index contributed by atoms with van der Waals surface area (Å²) in [4.78, 5) is 15.0. The SMILES string of the molecule is Cl.Nc1ccccc1CCC(=O)NCC1(N2CCOCC2)CCCCC1. The maximum atomic E-state index is 12.4. The summed E-state index contributed by atoms with van der Waals surface area (Å²) >= 11 is 0. The minimum absolute atomic E-state index is 0. The highest BCUT2D eigenvalue weighted by molar-refractivity contribution is 5.85. The third-order valence-electron chi connectivity index (χ3n) is 5.76. The van der Waals surface area contributed by atoms with E-state index < -0.39 is 0 Å². The van der Waals surface area contributed by atoms with Crippen LogP contribution in [0, 0.1) is 0 Å². The number of carbonyl (C=O) groups is 1. The number of morpholine rings is 1. The Morgan fingerprint density at radius 2 is 1.85 bits per heavy atom. The predicted molar refractivity (Wildman–Crippen MR) is 108 cm³/mol. The Bertz CT molecular complexity index is 570. The summed E-state index contributed by atoms with van der Waals surface area (Å²) in [5.41, 5.74) is 7.92. The molecule has 1 heterocycles. The number of aryl methyl sites for hydroxylation is 1. The van der Waals surface area contributed by atoms with Crippen molar-refractivity contribution in [1.82, 2.24) is 10.2 Å². The molecule has 1 aliphatic carbocycles. The fraction of sp³-hybridized carbons (Fsp3) is 0.650. The van der Waals surface area contributed by atoms with Gasteiger partial charge in [0.25, 0.3) is 0 Å². The van der Waals surface area contributed by atoms with Gasteiger partial charge in [-0.05, 0) is 30.9 Å². The first-order chi connectivity index (χ1) is 12.2. The molecular weight excluding hydrogens is 350 g/mol. The zero-order chi connectivity index (χ0) is 17.5. The molecule has 0 spiro atoms. The Morgan fingerprint density at radius 1 is 1.15 bits per heavy atom. The van der Waals surface area contributed by atoms with Gasteiger partial charge < -0.3 is 15.8 Å². The molecule has 0 aromatic heterocycles. The maximum absolute atomic E-state index is 12.4. The number of nitrogens with two attached hydrogens (primary N) is 1. The summed E-state index contributed by atoms with van der Waals surface area (Å²) in [6, 6.07) is 7.79. The van der Waals surface area contributed by atoms with Gasteiger partial charge in [0.15, 0.2) is 0 Å². The number of ether oxygens (including phenoxy) is 1. The normalized spacial score (nSPS) is 20.2. The molecule has 1 aromatic rings. The summed E-state index contributed by atoms with van der Waals surface area (Å²) in [7, 11) is 0. The molecule has 0 unspecified atom stereocenters. The Kier molecular flexibility index (Phi) is 8.19. The van der Waals surface area contributed by atoms with Crippen molar-refractivity contribution >= 4 is 24.0 Å². The minimum atomic E-state index is 0. The number of benzene rings is 1. The largest absolute Gasteiger partial charge is 0.399 e. The molecule has 26 heavy (non-hydrogen) atoms. The number of rotatable bonds is 6. The average molecular weight is 382 g/mol. The second kappa shape index (κ2) is 10.1. The number of halogens is 1. The molecule has 0 bridgehead atoms. The van der Waals surface area contributed by atoms with Crippen LogP contribution in [0.2, 0.25) is 0 Å². The quantitative estimate of drug-likeness (QED) is 0.743. The first-order valence-corrected chi connectivity index (χ1v) is 9.62. The molecule has 1 saturated heterocycles. The number of nitrogens with zero attached hydrogens (tertiary/aromatic N) is 1. The zero-order valence-electron chi connectivity index (χ0n) is 15.5. The van der Waals surface area contributed by atoms with E-state index in [1.54, 1.807) is 0 Å². The van der Waals surface area contributed by atoms with Gasteiger partial charge >= 0.3 is 0 Å². The molecule has 1 aliphatic heterocycles. The molecule has 5 nitrogen and oxygen atoms in total. The molecule has 6 heteroatoms. The van der Waals surface area contributed by atoms with Gasteiger partial charge in [-0.3, -0.25) is 9.69 Å². The fourth-order valence-electron chi connectivity index (χ4n) is 4.21. The number of carbonyl (C=O) groups excluding carboxylic acids is 1. The van der Waals surface area contributed by atoms with Crippen molar-refractivity contribution in [2.24, 2.45) is 0 Å². The molecule has 146 valence electrons. The lowest BCUT2D eigenvalue weighted by atomic mass is 9.79. The van der Waals surface area contributed by atoms with Crippen molar-refractivity contribution in [3.8, 4) is 0 Å². The van der Waals surface area contributed by atoms with E-state index in [0.29, 0.717) is 12.8 Å². The van der Waals surface area contributed by atoms with Crippen LogP contribution in [0.4, 0.5) is 5.69 Å². The Labute approximate surface area is 163 Å². The molecule has 3 N–H and O–H groups in total. The lowest BCUT2D eigenvalue weighted by molar-refractivity contribution is -0.122. The number of hydrogen-bond donors (Lipinski definition) is 2. The van der Waals surface area contributed by atoms with Crippen LogP contribution in [-0.4, -0.2) is 49.2 Å². The van der Waals surface area contributed by atoms with E-state index in [1.165, 1.54) is 32.1 Å².